The van der Waals surface area contributed by atoms with Gasteiger partial charge in [-0.25, -0.2) is 4.98 Å². The lowest BCUT2D eigenvalue weighted by atomic mass is 10.2. The summed E-state index contributed by atoms with van der Waals surface area (Å²) in [6, 6.07) is 15.6. The Morgan fingerprint density at radius 1 is 1.03 bits per heavy atom. The van der Waals surface area contributed by atoms with Gasteiger partial charge in [0.2, 0.25) is 5.89 Å². The van der Waals surface area contributed by atoms with Gasteiger partial charge in [0.15, 0.2) is 11.0 Å². The zero-order valence-electron chi connectivity index (χ0n) is 16.8. The van der Waals surface area contributed by atoms with Crippen molar-refractivity contribution in [1.82, 2.24) is 15.1 Å². The highest BCUT2D eigenvalue weighted by Crippen LogP contribution is 2.42. The van der Waals surface area contributed by atoms with E-state index in [1.807, 2.05) is 53.2 Å². The summed E-state index contributed by atoms with van der Waals surface area (Å²) in [5, 5.41) is 11.5. The van der Waals surface area contributed by atoms with Gasteiger partial charge in [0.25, 0.3) is 5.91 Å². The van der Waals surface area contributed by atoms with Crippen LogP contribution in [0.5, 0.6) is 0 Å². The van der Waals surface area contributed by atoms with Crippen LogP contribution in [0.1, 0.15) is 22.1 Å². The summed E-state index contributed by atoms with van der Waals surface area (Å²) < 4.78 is 5.18. The second-order valence-electron chi connectivity index (χ2n) is 6.63. The first-order valence-electron chi connectivity index (χ1n) is 9.58. The highest BCUT2D eigenvalue weighted by atomic mass is 32.2. The van der Waals surface area contributed by atoms with Crippen LogP contribution in [-0.4, -0.2) is 21.0 Å². The first kappa shape index (κ1) is 21.1. The second-order valence-corrected chi connectivity index (χ2v) is 10.5. The molecule has 160 valence electrons. The van der Waals surface area contributed by atoms with E-state index in [0.29, 0.717) is 28.2 Å². The van der Waals surface area contributed by atoms with Crippen molar-refractivity contribution in [2.75, 3.05) is 5.32 Å². The Bertz CT molecular complexity index is 1290. The molecule has 10 heteroatoms. The van der Waals surface area contributed by atoms with Crippen molar-refractivity contribution in [1.29, 1.82) is 0 Å². The number of thiazole rings is 1. The average molecular weight is 497 g/mol. The van der Waals surface area contributed by atoms with Gasteiger partial charge in [0.05, 0.1) is 21.1 Å². The zero-order valence-corrected chi connectivity index (χ0v) is 20.0. The number of anilines is 1. The smallest absolute Gasteiger partial charge is 0.258 e. The monoisotopic (exact) mass is 496 g/mol. The number of rotatable bonds is 7. The molecule has 0 aliphatic carbocycles. The van der Waals surface area contributed by atoms with Crippen LogP contribution in [0.4, 0.5) is 5.13 Å². The number of nitrogens with one attached hydrogen (secondary N) is 1. The third-order valence-electron chi connectivity index (χ3n) is 4.40. The molecule has 0 aliphatic rings. The van der Waals surface area contributed by atoms with Crippen molar-refractivity contribution in [3.8, 4) is 20.3 Å². The number of carbonyl (C=O) groups excluding carboxylic acids is 1. The summed E-state index contributed by atoms with van der Waals surface area (Å²) in [7, 11) is 0. The molecule has 0 bridgehead atoms. The first-order chi connectivity index (χ1) is 15.7. The molecule has 5 aromatic rings. The number of benzene rings is 1. The molecule has 5 rings (SSSR count). The van der Waals surface area contributed by atoms with Crippen molar-refractivity contribution in [2.45, 2.75) is 17.6 Å². The summed E-state index contributed by atoms with van der Waals surface area (Å²) >= 11 is 6.28. The predicted molar refractivity (Wildman–Crippen MR) is 132 cm³/mol. The SMILES string of the molecule is Cc1noc(CSc2ccccc2C(=O)Nc2nc(-c3cccs3)c(-c3cccs3)s2)n1. The van der Waals surface area contributed by atoms with Crippen LogP contribution in [0.15, 0.2) is 68.7 Å². The van der Waals surface area contributed by atoms with E-state index < -0.39 is 0 Å². The minimum Gasteiger partial charge on any atom is -0.338 e. The van der Waals surface area contributed by atoms with Gasteiger partial charge in [-0.15, -0.1) is 34.4 Å². The summed E-state index contributed by atoms with van der Waals surface area (Å²) in [5.41, 5.74) is 1.48. The highest BCUT2D eigenvalue weighted by molar-refractivity contribution is 7.98. The van der Waals surface area contributed by atoms with Gasteiger partial charge >= 0.3 is 0 Å². The van der Waals surface area contributed by atoms with Gasteiger partial charge in [-0.05, 0) is 41.9 Å². The molecule has 0 aliphatic heterocycles. The zero-order chi connectivity index (χ0) is 21.9. The maximum Gasteiger partial charge on any atom is 0.258 e. The fourth-order valence-electron chi connectivity index (χ4n) is 3.01. The number of aromatic nitrogens is 3. The van der Waals surface area contributed by atoms with Crippen LogP contribution in [0.25, 0.3) is 20.3 Å². The summed E-state index contributed by atoms with van der Waals surface area (Å²) in [4.78, 5) is 26.2. The molecule has 4 heterocycles. The van der Waals surface area contributed by atoms with Gasteiger partial charge in [-0.3, -0.25) is 10.1 Å². The molecule has 0 spiro atoms. The number of nitrogens with zero attached hydrogens (tertiary/aromatic N) is 3. The number of hydrogen-bond acceptors (Lipinski definition) is 9. The number of hydrogen-bond donors (Lipinski definition) is 1. The molecule has 1 amide bonds. The van der Waals surface area contributed by atoms with E-state index in [2.05, 4.69) is 21.5 Å². The molecule has 4 aromatic heterocycles. The minimum absolute atomic E-state index is 0.195. The highest BCUT2D eigenvalue weighted by Gasteiger charge is 2.19. The second kappa shape index (κ2) is 9.37. The molecule has 1 aromatic carbocycles. The molecular weight excluding hydrogens is 481 g/mol. The fourth-order valence-corrected chi connectivity index (χ4v) is 6.51. The largest absolute Gasteiger partial charge is 0.338 e. The van der Waals surface area contributed by atoms with Crippen molar-refractivity contribution < 1.29 is 9.32 Å². The summed E-state index contributed by atoms with van der Waals surface area (Å²) in [6.45, 7) is 1.78. The van der Waals surface area contributed by atoms with E-state index in [9.17, 15) is 4.79 Å². The van der Waals surface area contributed by atoms with Crippen LogP contribution >= 0.6 is 45.8 Å². The van der Waals surface area contributed by atoms with Crippen LogP contribution < -0.4 is 5.32 Å². The third kappa shape index (κ3) is 4.53. The van der Waals surface area contributed by atoms with E-state index in [-0.39, 0.29) is 5.91 Å². The lowest BCUT2D eigenvalue weighted by molar-refractivity contribution is 0.102. The molecule has 0 atom stereocenters. The standard InChI is InChI=1S/C22H16N4O2S4/c1-13-23-18(28-26-13)12-31-15-7-3-2-6-14(15)21(27)25-22-24-19(16-8-4-10-29-16)20(32-22)17-9-5-11-30-17/h2-11H,12H2,1H3,(H,24,25,27). The van der Waals surface area contributed by atoms with Crippen molar-refractivity contribution in [2.24, 2.45) is 0 Å². The first-order valence-corrected chi connectivity index (χ1v) is 13.1. The van der Waals surface area contributed by atoms with Gasteiger partial charge in [0.1, 0.15) is 5.69 Å². The summed E-state index contributed by atoms with van der Waals surface area (Å²) in [6.07, 6.45) is 0. The minimum atomic E-state index is -0.195. The third-order valence-corrected chi connectivity index (χ3v) is 8.36. The maximum atomic E-state index is 13.1. The quantitative estimate of drug-likeness (QED) is 0.249. The number of aryl methyl sites for hydroxylation is 1. The van der Waals surface area contributed by atoms with Gasteiger partial charge in [-0.1, -0.05) is 40.8 Å². The van der Waals surface area contributed by atoms with Crippen molar-refractivity contribution in [3.05, 3.63) is 76.6 Å². The van der Waals surface area contributed by atoms with E-state index >= 15 is 0 Å². The molecule has 6 nitrogen and oxygen atoms in total. The van der Waals surface area contributed by atoms with Gasteiger partial charge in [0, 0.05) is 9.77 Å². The van der Waals surface area contributed by atoms with Crippen LogP contribution in [-0.2, 0) is 5.75 Å². The Balaban J connectivity index is 1.39. The number of carbonyl (C=O) groups is 1. The molecule has 32 heavy (non-hydrogen) atoms. The van der Waals surface area contributed by atoms with E-state index in [1.54, 1.807) is 29.6 Å². The molecule has 0 fully saturated rings. The number of thiophene rings is 2. The Labute approximate surface area is 200 Å². The van der Waals surface area contributed by atoms with Crippen molar-refractivity contribution in [3.63, 3.8) is 0 Å². The molecule has 0 saturated carbocycles. The van der Waals surface area contributed by atoms with E-state index in [0.717, 1.165) is 25.2 Å². The number of thioether (sulfide) groups is 1. The van der Waals surface area contributed by atoms with E-state index in [4.69, 9.17) is 9.51 Å². The normalized spacial score (nSPS) is 11.0. The predicted octanol–water partition coefficient (Wildman–Crippen LogP) is 6.84. The summed E-state index contributed by atoms with van der Waals surface area (Å²) in [5.74, 6) is 1.43. The van der Waals surface area contributed by atoms with Crippen LogP contribution in [0.2, 0.25) is 0 Å². The fraction of sp³-hybridized carbons (Fsp3) is 0.0909. The molecular formula is C22H16N4O2S4. The van der Waals surface area contributed by atoms with Crippen LogP contribution in [0, 0.1) is 6.92 Å². The lowest BCUT2D eigenvalue weighted by Crippen LogP contribution is -2.12. The Kier molecular flexibility index (Phi) is 6.17. The Hall–Kier alpha value is -2.79. The Morgan fingerprint density at radius 3 is 2.53 bits per heavy atom. The van der Waals surface area contributed by atoms with Crippen molar-refractivity contribution >= 4 is 56.8 Å². The lowest BCUT2D eigenvalue weighted by Gasteiger charge is -2.07. The molecule has 1 N–H and O–H groups in total. The van der Waals surface area contributed by atoms with E-state index in [1.165, 1.54) is 23.1 Å². The topological polar surface area (TPSA) is 80.9 Å². The van der Waals surface area contributed by atoms with Gasteiger partial charge < -0.3 is 4.52 Å². The maximum absolute atomic E-state index is 13.1. The van der Waals surface area contributed by atoms with Crippen LogP contribution in [0.3, 0.4) is 0 Å². The molecule has 0 unspecified atom stereocenters. The average Bonchev–Trinajstić information content (AvgIpc) is 3.59. The molecule has 0 radical (unpaired) electrons. The Morgan fingerprint density at radius 2 is 1.81 bits per heavy atom. The molecule has 0 saturated heterocycles. The van der Waals surface area contributed by atoms with Gasteiger partial charge in [-0.2, -0.15) is 4.98 Å². The number of amides is 1.